The van der Waals surface area contributed by atoms with E-state index in [1.165, 1.54) is 0 Å². The number of carboxylic acid groups (broad SMARTS) is 1. The molecule has 0 aliphatic heterocycles. The van der Waals surface area contributed by atoms with Crippen LogP contribution in [0.2, 0.25) is 0 Å². The molecule has 0 amide bonds. The lowest BCUT2D eigenvalue weighted by Gasteiger charge is -2.09. The first kappa shape index (κ1) is 12.9. The van der Waals surface area contributed by atoms with E-state index in [1.54, 1.807) is 31.2 Å². The Morgan fingerprint density at radius 1 is 1.32 bits per heavy atom. The lowest BCUT2D eigenvalue weighted by Crippen LogP contribution is -2.10. The second kappa shape index (κ2) is 5.85. The molecule has 1 aromatic heterocycles. The summed E-state index contributed by atoms with van der Waals surface area (Å²) in [4.78, 5) is 14.5. The van der Waals surface area contributed by atoms with Crippen molar-refractivity contribution in [3.05, 3.63) is 36.0 Å². The number of hydrogen-bond donors (Lipinski definition) is 1. The number of carboxylic acids is 1. The van der Waals surface area contributed by atoms with Crippen LogP contribution in [0, 0.1) is 6.92 Å². The normalized spacial score (nSPS) is 10.2. The van der Waals surface area contributed by atoms with Gasteiger partial charge in [0.2, 0.25) is 0 Å². The molecule has 1 N–H and O–H groups in total. The van der Waals surface area contributed by atoms with Crippen molar-refractivity contribution in [1.82, 2.24) is 10.1 Å². The van der Waals surface area contributed by atoms with Gasteiger partial charge >= 0.3 is 5.97 Å². The molecule has 2 aromatic rings. The fourth-order valence-electron chi connectivity index (χ4n) is 1.37. The number of aromatic nitrogens is 2. The molecule has 0 saturated carbocycles. The molecule has 100 valence electrons. The lowest BCUT2D eigenvalue weighted by atomic mass is 10.3. The molecule has 2 rings (SSSR count). The summed E-state index contributed by atoms with van der Waals surface area (Å²) in [6.07, 6.45) is 0. The van der Waals surface area contributed by atoms with E-state index < -0.39 is 12.6 Å². The van der Waals surface area contributed by atoms with Crippen molar-refractivity contribution in [2.24, 2.45) is 0 Å². The van der Waals surface area contributed by atoms with Crippen LogP contribution in [0.5, 0.6) is 11.5 Å². The number of carbonyl (C=O) groups is 1. The van der Waals surface area contributed by atoms with Gasteiger partial charge in [-0.15, -0.1) is 0 Å². The van der Waals surface area contributed by atoms with E-state index in [-0.39, 0.29) is 6.61 Å². The van der Waals surface area contributed by atoms with Crippen molar-refractivity contribution in [2.75, 3.05) is 6.61 Å². The molecule has 7 nitrogen and oxygen atoms in total. The van der Waals surface area contributed by atoms with Gasteiger partial charge in [0.15, 0.2) is 30.5 Å². The van der Waals surface area contributed by atoms with Gasteiger partial charge in [0.1, 0.15) is 0 Å². The van der Waals surface area contributed by atoms with Crippen molar-refractivity contribution < 1.29 is 23.9 Å². The van der Waals surface area contributed by atoms with Gasteiger partial charge in [-0.05, 0) is 19.1 Å². The summed E-state index contributed by atoms with van der Waals surface area (Å²) in [6, 6.07) is 6.76. The van der Waals surface area contributed by atoms with E-state index in [0.717, 1.165) is 0 Å². The fraction of sp³-hybridized carbons (Fsp3) is 0.250. The second-order valence-electron chi connectivity index (χ2n) is 3.65. The summed E-state index contributed by atoms with van der Waals surface area (Å²) in [5.41, 5.74) is 0. The number of aliphatic carboxylic acids is 1. The van der Waals surface area contributed by atoms with Gasteiger partial charge in [-0.2, -0.15) is 4.98 Å². The van der Waals surface area contributed by atoms with Gasteiger partial charge in [-0.1, -0.05) is 17.3 Å². The first-order valence-electron chi connectivity index (χ1n) is 5.51. The molecule has 0 fully saturated rings. The number of aryl methyl sites for hydroxylation is 1. The zero-order chi connectivity index (χ0) is 13.7. The van der Waals surface area contributed by atoms with Crippen LogP contribution in [-0.2, 0) is 11.4 Å². The first-order valence-corrected chi connectivity index (χ1v) is 5.51. The van der Waals surface area contributed by atoms with Gasteiger partial charge in [0.05, 0.1) is 0 Å². The summed E-state index contributed by atoms with van der Waals surface area (Å²) < 4.78 is 15.5. The van der Waals surface area contributed by atoms with Crippen LogP contribution in [0.25, 0.3) is 0 Å². The van der Waals surface area contributed by atoms with Gasteiger partial charge in [-0.25, -0.2) is 4.79 Å². The molecule has 0 unspecified atom stereocenters. The highest BCUT2D eigenvalue weighted by Gasteiger charge is 2.09. The molecule has 0 aliphatic rings. The monoisotopic (exact) mass is 264 g/mol. The smallest absolute Gasteiger partial charge is 0.341 e. The quantitative estimate of drug-likeness (QED) is 0.842. The van der Waals surface area contributed by atoms with Gasteiger partial charge in [0, 0.05) is 0 Å². The lowest BCUT2D eigenvalue weighted by molar-refractivity contribution is -0.139. The summed E-state index contributed by atoms with van der Waals surface area (Å²) in [6.45, 7) is 1.37. The van der Waals surface area contributed by atoms with E-state index in [1.807, 2.05) is 0 Å². The minimum atomic E-state index is -1.05. The molecule has 19 heavy (non-hydrogen) atoms. The Balaban J connectivity index is 2.01. The van der Waals surface area contributed by atoms with Crippen LogP contribution < -0.4 is 9.47 Å². The van der Waals surface area contributed by atoms with E-state index >= 15 is 0 Å². The molecule has 0 aliphatic carbocycles. The number of para-hydroxylation sites is 2. The third kappa shape index (κ3) is 3.70. The van der Waals surface area contributed by atoms with Crippen LogP contribution in [-0.4, -0.2) is 27.8 Å². The van der Waals surface area contributed by atoms with E-state index in [9.17, 15) is 4.79 Å². The maximum absolute atomic E-state index is 10.5. The predicted octanol–water partition coefficient (Wildman–Crippen LogP) is 1.42. The van der Waals surface area contributed by atoms with Crippen molar-refractivity contribution in [2.45, 2.75) is 13.5 Å². The summed E-state index contributed by atoms with van der Waals surface area (Å²) in [7, 11) is 0. The van der Waals surface area contributed by atoms with E-state index in [4.69, 9.17) is 19.1 Å². The van der Waals surface area contributed by atoms with Crippen LogP contribution in [0.4, 0.5) is 0 Å². The Morgan fingerprint density at radius 2 is 2.00 bits per heavy atom. The molecular formula is C12H12N2O5. The van der Waals surface area contributed by atoms with Gasteiger partial charge in [0.25, 0.3) is 5.89 Å². The van der Waals surface area contributed by atoms with Crippen LogP contribution in [0.3, 0.4) is 0 Å². The fourth-order valence-corrected chi connectivity index (χ4v) is 1.37. The van der Waals surface area contributed by atoms with Gasteiger partial charge in [-0.3, -0.25) is 0 Å². The predicted molar refractivity (Wildman–Crippen MR) is 62.9 cm³/mol. The standard InChI is InChI=1S/C12H12N2O5/c1-8-13-11(19-14-8)6-17-9-4-2-3-5-10(9)18-7-12(15)16/h2-5H,6-7H2,1H3,(H,15,16). The Hall–Kier alpha value is -2.57. The molecule has 0 atom stereocenters. The van der Waals surface area contributed by atoms with Crippen molar-refractivity contribution >= 4 is 5.97 Å². The average molecular weight is 264 g/mol. The molecule has 1 aromatic carbocycles. The van der Waals surface area contributed by atoms with Crippen LogP contribution >= 0.6 is 0 Å². The van der Waals surface area contributed by atoms with Crippen molar-refractivity contribution in [3.8, 4) is 11.5 Å². The maximum Gasteiger partial charge on any atom is 0.341 e. The van der Waals surface area contributed by atoms with Crippen LogP contribution in [0.1, 0.15) is 11.7 Å². The minimum Gasteiger partial charge on any atom is -0.480 e. The molecule has 7 heteroatoms. The maximum atomic E-state index is 10.5. The Labute approximate surface area is 108 Å². The molecule has 0 radical (unpaired) electrons. The molecule has 1 heterocycles. The Kier molecular flexibility index (Phi) is 3.97. The number of hydrogen-bond acceptors (Lipinski definition) is 6. The third-order valence-electron chi connectivity index (χ3n) is 2.12. The zero-order valence-corrected chi connectivity index (χ0v) is 10.2. The number of rotatable bonds is 6. The summed E-state index contributed by atoms with van der Waals surface area (Å²) in [5.74, 6) is 0.572. The Morgan fingerprint density at radius 3 is 2.58 bits per heavy atom. The van der Waals surface area contributed by atoms with Gasteiger partial charge < -0.3 is 19.1 Å². The average Bonchev–Trinajstić information content (AvgIpc) is 2.80. The van der Waals surface area contributed by atoms with E-state index in [0.29, 0.717) is 23.2 Å². The van der Waals surface area contributed by atoms with Crippen molar-refractivity contribution in [1.29, 1.82) is 0 Å². The third-order valence-corrected chi connectivity index (χ3v) is 2.12. The highest BCUT2D eigenvalue weighted by molar-refractivity contribution is 5.68. The van der Waals surface area contributed by atoms with Crippen molar-refractivity contribution in [3.63, 3.8) is 0 Å². The highest BCUT2D eigenvalue weighted by Crippen LogP contribution is 2.27. The van der Waals surface area contributed by atoms with Crippen LogP contribution in [0.15, 0.2) is 28.8 Å². The zero-order valence-electron chi connectivity index (χ0n) is 10.2. The number of benzene rings is 1. The molecule has 0 spiro atoms. The second-order valence-corrected chi connectivity index (χ2v) is 3.65. The van der Waals surface area contributed by atoms with E-state index in [2.05, 4.69) is 10.1 Å². The molecule has 0 saturated heterocycles. The topological polar surface area (TPSA) is 94.7 Å². The molecule has 0 bridgehead atoms. The number of ether oxygens (including phenoxy) is 2. The SMILES string of the molecule is Cc1noc(COc2ccccc2OCC(=O)O)n1. The largest absolute Gasteiger partial charge is 0.480 e. The first-order chi connectivity index (χ1) is 9.15. The Bertz CT molecular complexity index is 567. The summed E-state index contributed by atoms with van der Waals surface area (Å²) >= 11 is 0. The molecular weight excluding hydrogens is 252 g/mol. The minimum absolute atomic E-state index is 0.0916. The summed E-state index contributed by atoms with van der Waals surface area (Å²) in [5, 5.41) is 12.2. The highest BCUT2D eigenvalue weighted by atomic mass is 16.5. The number of nitrogens with zero attached hydrogens (tertiary/aromatic N) is 2.